The predicted octanol–water partition coefficient (Wildman–Crippen LogP) is 2.08. The van der Waals surface area contributed by atoms with Crippen molar-refractivity contribution in [3.8, 4) is 0 Å². The van der Waals surface area contributed by atoms with Gasteiger partial charge >= 0.3 is 11.9 Å². The van der Waals surface area contributed by atoms with Crippen LogP contribution in [0.5, 0.6) is 0 Å². The number of esters is 2. The molecule has 0 spiro atoms. The third kappa shape index (κ3) is 1.88. The van der Waals surface area contributed by atoms with Crippen molar-refractivity contribution in [1.29, 1.82) is 0 Å². The Labute approximate surface area is 113 Å². The van der Waals surface area contributed by atoms with E-state index in [-0.39, 0.29) is 47.8 Å². The van der Waals surface area contributed by atoms with Gasteiger partial charge in [0, 0.05) is 11.8 Å². The highest BCUT2D eigenvalue weighted by molar-refractivity contribution is 5.75. The van der Waals surface area contributed by atoms with E-state index in [2.05, 4.69) is 6.58 Å². The molecule has 2 heterocycles. The lowest BCUT2D eigenvalue weighted by atomic mass is 9.74. The number of carbonyl (C=O) groups is 2. The van der Waals surface area contributed by atoms with Crippen LogP contribution in [0, 0.1) is 23.7 Å². The van der Waals surface area contributed by atoms with Gasteiger partial charge in [-0.15, -0.1) is 0 Å². The van der Waals surface area contributed by atoms with Gasteiger partial charge in [-0.3, -0.25) is 9.59 Å². The highest BCUT2D eigenvalue weighted by Crippen LogP contribution is 2.48. The third-order valence-electron chi connectivity index (χ3n) is 5.10. The number of rotatable bonds is 0. The first kappa shape index (κ1) is 12.7. The monoisotopic (exact) mass is 264 g/mol. The SMILES string of the molecule is C=C1CC[C@@H]2[C@H](OC(=O)[C@@H]2C)[C@H]2[C@H](C)OC(=O)C[C@@H]12. The summed E-state index contributed by atoms with van der Waals surface area (Å²) in [5.74, 6) is 0.0897. The molecule has 3 aliphatic rings. The molecule has 4 heteroatoms. The number of hydrogen-bond donors (Lipinski definition) is 0. The van der Waals surface area contributed by atoms with E-state index in [1.165, 1.54) is 0 Å². The van der Waals surface area contributed by atoms with Gasteiger partial charge in [-0.05, 0) is 25.7 Å². The first-order valence-corrected chi connectivity index (χ1v) is 7.06. The molecular weight excluding hydrogens is 244 g/mol. The lowest BCUT2D eigenvalue weighted by Gasteiger charge is -2.38. The minimum absolute atomic E-state index is 0.0543. The molecule has 0 amide bonds. The molecule has 3 fully saturated rings. The average Bonchev–Trinajstić information content (AvgIpc) is 2.53. The number of carbonyl (C=O) groups excluding carboxylic acids is 2. The summed E-state index contributed by atoms with van der Waals surface area (Å²) in [4.78, 5) is 23.5. The van der Waals surface area contributed by atoms with E-state index < -0.39 is 0 Å². The lowest BCUT2D eigenvalue weighted by molar-refractivity contribution is -0.168. The van der Waals surface area contributed by atoms with Crippen LogP contribution < -0.4 is 0 Å². The number of ether oxygens (including phenoxy) is 2. The second-order valence-electron chi connectivity index (χ2n) is 6.13. The van der Waals surface area contributed by atoms with Gasteiger partial charge in [0.2, 0.25) is 0 Å². The quantitative estimate of drug-likeness (QED) is 0.496. The molecule has 4 nitrogen and oxygen atoms in total. The summed E-state index contributed by atoms with van der Waals surface area (Å²) < 4.78 is 11.0. The van der Waals surface area contributed by atoms with E-state index in [4.69, 9.17) is 9.47 Å². The maximum absolute atomic E-state index is 11.8. The molecule has 1 saturated carbocycles. The van der Waals surface area contributed by atoms with Crippen LogP contribution in [0.15, 0.2) is 12.2 Å². The first-order valence-electron chi connectivity index (χ1n) is 7.06. The van der Waals surface area contributed by atoms with Crippen molar-refractivity contribution in [2.24, 2.45) is 23.7 Å². The topological polar surface area (TPSA) is 52.6 Å². The van der Waals surface area contributed by atoms with Crippen molar-refractivity contribution in [2.45, 2.75) is 45.3 Å². The van der Waals surface area contributed by atoms with Gasteiger partial charge < -0.3 is 9.47 Å². The Morgan fingerprint density at radius 1 is 1.21 bits per heavy atom. The van der Waals surface area contributed by atoms with Crippen molar-refractivity contribution in [2.75, 3.05) is 0 Å². The van der Waals surface area contributed by atoms with Gasteiger partial charge in [-0.25, -0.2) is 0 Å². The zero-order chi connectivity index (χ0) is 13.7. The minimum atomic E-state index is -0.202. The smallest absolute Gasteiger partial charge is 0.309 e. The highest BCUT2D eigenvalue weighted by Gasteiger charge is 2.53. The molecule has 0 aromatic rings. The van der Waals surface area contributed by atoms with Crippen LogP contribution in [0.2, 0.25) is 0 Å². The summed E-state index contributed by atoms with van der Waals surface area (Å²) in [5.41, 5.74) is 1.12. The van der Waals surface area contributed by atoms with E-state index in [9.17, 15) is 9.59 Å². The number of cyclic esters (lactones) is 1. The third-order valence-corrected chi connectivity index (χ3v) is 5.10. The molecule has 0 bridgehead atoms. The van der Waals surface area contributed by atoms with Gasteiger partial charge in [0.05, 0.1) is 12.3 Å². The van der Waals surface area contributed by atoms with Gasteiger partial charge in [-0.1, -0.05) is 19.1 Å². The van der Waals surface area contributed by atoms with E-state index in [0.717, 1.165) is 18.4 Å². The number of fused-ring (bicyclic) bond motifs is 3. The second kappa shape index (κ2) is 4.36. The fourth-order valence-corrected chi connectivity index (χ4v) is 3.99. The van der Waals surface area contributed by atoms with E-state index in [1.54, 1.807) is 0 Å². The standard InChI is InChI=1S/C15H20O4/c1-7-4-5-10-8(2)15(17)19-14(10)13-9(3)18-12(16)6-11(7)13/h8-11,13-14H,1,4-6H2,2-3H3/t8-,9+,10+,11+,13+,14+/m1/s1. The number of hydrogen-bond acceptors (Lipinski definition) is 4. The zero-order valence-corrected chi connectivity index (χ0v) is 11.4. The number of allylic oxidation sites excluding steroid dienone is 1. The molecule has 104 valence electrons. The molecule has 6 atom stereocenters. The summed E-state index contributed by atoms with van der Waals surface area (Å²) in [5, 5.41) is 0. The van der Waals surface area contributed by atoms with E-state index in [0.29, 0.717) is 6.42 Å². The van der Waals surface area contributed by atoms with E-state index in [1.807, 2.05) is 13.8 Å². The molecule has 1 aliphatic carbocycles. The Bertz CT molecular complexity index is 441. The lowest BCUT2D eigenvalue weighted by Crippen LogP contribution is -2.45. The summed E-state index contributed by atoms with van der Waals surface area (Å²) in [6.45, 7) is 7.99. The van der Waals surface area contributed by atoms with Crippen molar-refractivity contribution in [3.05, 3.63) is 12.2 Å². The molecule has 19 heavy (non-hydrogen) atoms. The van der Waals surface area contributed by atoms with Crippen molar-refractivity contribution in [1.82, 2.24) is 0 Å². The van der Waals surface area contributed by atoms with Crippen LogP contribution in [0.25, 0.3) is 0 Å². The molecule has 0 unspecified atom stereocenters. The Balaban J connectivity index is 1.96. The summed E-state index contributed by atoms with van der Waals surface area (Å²) in [6, 6.07) is 0. The fourth-order valence-electron chi connectivity index (χ4n) is 3.99. The second-order valence-corrected chi connectivity index (χ2v) is 6.13. The van der Waals surface area contributed by atoms with Gasteiger partial charge in [-0.2, -0.15) is 0 Å². The van der Waals surface area contributed by atoms with Crippen LogP contribution in [0.3, 0.4) is 0 Å². The van der Waals surface area contributed by atoms with Crippen LogP contribution in [-0.4, -0.2) is 24.1 Å². The van der Waals surface area contributed by atoms with Gasteiger partial charge in [0.25, 0.3) is 0 Å². The Morgan fingerprint density at radius 3 is 2.68 bits per heavy atom. The molecule has 0 N–H and O–H groups in total. The van der Waals surface area contributed by atoms with Crippen LogP contribution in [-0.2, 0) is 19.1 Å². The summed E-state index contributed by atoms with van der Waals surface area (Å²) in [7, 11) is 0. The Morgan fingerprint density at radius 2 is 1.95 bits per heavy atom. The van der Waals surface area contributed by atoms with Crippen molar-refractivity contribution >= 4 is 11.9 Å². The minimum Gasteiger partial charge on any atom is -0.462 e. The molecular formula is C15H20O4. The van der Waals surface area contributed by atoms with Crippen molar-refractivity contribution < 1.29 is 19.1 Å². The zero-order valence-electron chi connectivity index (χ0n) is 11.4. The Kier molecular flexibility index (Phi) is 2.91. The average molecular weight is 264 g/mol. The van der Waals surface area contributed by atoms with Gasteiger partial charge in [0.1, 0.15) is 12.2 Å². The predicted molar refractivity (Wildman–Crippen MR) is 68.1 cm³/mol. The molecule has 0 aromatic heterocycles. The largest absolute Gasteiger partial charge is 0.462 e. The molecule has 0 aromatic carbocycles. The fraction of sp³-hybridized carbons (Fsp3) is 0.733. The Hall–Kier alpha value is -1.32. The van der Waals surface area contributed by atoms with Crippen LogP contribution >= 0.6 is 0 Å². The molecule has 2 aliphatic heterocycles. The van der Waals surface area contributed by atoms with Crippen molar-refractivity contribution in [3.63, 3.8) is 0 Å². The van der Waals surface area contributed by atoms with Gasteiger partial charge in [0.15, 0.2) is 0 Å². The maximum atomic E-state index is 11.8. The maximum Gasteiger partial charge on any atom is 0.309 e. The molecule has 2 saturated heterocycles. The normalized spacial score (nSPS) is 45.9. The van der Waals surface area contributed by atoms with Crippen LogP contribution in [0.1, 0.15) is 33.1 Å². The molecule has 0 radical (unpaired) electrons. The highest BCUT2D eigenvalue weighted by atomic mass is 16.6. The van der Waals surface area contributed by atoms with E-state index >= 15 is 0 Å². The summed E-state index contributed by atoms with van der Waals surface area (Å²) in [6.07, 6.45) is 1.86. The first-order chi connectivity index (χ1) is 8.99. The van der Waals surface area contributed by atoms with Crippen LogP contribution in [0.4, 0.5) is 0 Å². The molecule has 3 rings (SSSR count). The summed E-state index contributed by atoms with van der Waals surface area (Å²) >= 11 is 0.